The van der Waals surface area contributed by atoms with Crippen LogP contribution >= 0.6 is 0 Å². The number of ether oxygens (including phenoxy) is 1. The van der Waals surface area contributed by atoms with Crippen molar-refractivity contribution in [1.82, 2.24) is 9.80 Å². The van der Waals surface area contributed by atoms with Gasteiger partial charge in [0, 0.05) is 34.4 Å². The predicted molar refractivity (Wildman–Crippen MR) is 59.8 cm³/mol. The molecule has 0 N–H and O–H groups in total. The maximum absolute atomic E-state index is 11.8. The zero-order chi connectivity index (χ0) is 11.3. The summed E-state index contributed by atoms with van der Waals surface area (Å²) in [5.41, 5.74) is 0. The molecule has 1 unspecified atom stereocenters. The Balaban J connectivity index is 2.39. The Morgan fingerprint density at radius 3 is 2.87 bits per heavy atom. The average Bonchev–Trinajstić information content (AvgIpc) is 2.65. The van der Waals surface area contributed by atoms with E-state index in [-0.39, 0.29) is 11.9 Å². The van der Waals surface area contributed by atoms with Crippen LogP contribution < -0.4 is 0 Å². The van der Waals surface area contributed by atoms with Gasteiger partial charge < -0.3 is 9.64 Å². The third-order valence-electron chi connectivity index (χ3n) is 2.88. The van der Waals surface area contributed by atoms with Gasteiger partial charge in [-0.05, 0) is 25.8 Å². The van der Waals surface area contributed by atoms with Crippen molar-refractivity contribution in [2.45, 2.75) is 25.3 Å². The van der Waals surface area contributed by atoms with Gasteiger partial charge in [-0.15, -0.1) is 0 Å². The fraction of sp³-hybridized carbons (Fsp3) is 0.909. The highest BCUT2D eigenvalue weighted by atomic mass is 16.5. The van der Waals surface area contributed by atoms with Crippen LogP contribution in [0.2, 0.25) is 0 Å². The zero-order valence-corrected chi connectivity index (χ0v) is 10.0. The first-order valence-corrected chi connectivity index (χ1v) is 5.61. The SMILES string of the molecule is COCCCN1CCCC1C(=O)N(C)C. The molecule has 4 heteroatoms. The highest BCUT2D eigenvalue weighted by molar-refractivity contribution is 5.81. The Labute approximate surface area is 92.2 Å². The molecule has 88 valence electrons. The summed E-state index contributed by atoms with van der Waals surface area (Å²) in [5, 5.41) is 0. The molecule has 4 nitrogen and oxygen atoms in total. The van der Waals surface area contributed by atoms with E-state index in [0.717, 1.165) is 39.0 Å². The van der Waals surface area contributed by atoms with Crippen molar-refractivity contribution in [3.05, 3.63) is 0 Å². The highest BCUT2D eigenvalue weighted by Gasteiger charge is 2.30. The Bertz CT molecular complexity index is 207. The minimum Gasteiger partial charge on any atom is -0.385 e. The van der Waals surface area contributed by atoms with E-state index in [1.54, 1.807) is 12.0 Å². The topological polar surface area (TPSA) is 32.8 Å². The molecule has 0 bridgehead atoms. The fourth-order valence-electron chi connectivity index (χ4n) is 2.08. The molecule has 1 saturated heterocycles. The molecule has 1 amide bonds. The lowest BCUT2D eigenvalue weighted by Gasteiger charge is -2.25. The molecule has 0 aromatic rings. The second kappa shape index (κ2) is 6.08. The Hall–Kier alpha value is -0.610. The monoisotopic (exact) mass is 214 g/mol. The van der Waals surface area contributed by atoms with E-state index in [2.05, 4.69) is 4.90 Å². The van der Waals surface area contributed by atoms with Crippen molar-refractivity contribution >= 4 is 5.91 Å². The van der Waals surface area contributed by atoms with Crippen molar-refractivity contribution in [2.24, 2.45) is 0 Å². The normalized spacial score (nSPS) is 21.9. The van der Waals surface area contributed by atoms with Crippen LogP contribution in [-0.2, 0) is 9.53 Å². The van der Waals surface area contributed by atoms with Crippen molar-refractivity contribution < 1.29 is 9.53 Å². The van der Waals surface area contributed by atoms with Crippen LogP contribution in [0.5, 0.6) is 0 Å². The van der Waals surface area contributed by atoms with Crippen LogP contribution in [0.15, 0.2) is 0 Å². The summed E-state index contributed by atoms with van der Waals surface area (Å²) < 4.78 is 5.02. The molecule has 1 aliphatic heterocycles. The molecule has 0 aromatic heterocycles. The molecular formula is C11H22N2O2. The Morgan fingerprint density at radius 1 is 1.53 bits per heavy atom. The second-order valence-corrected chi connectivity index (χ2v) is 4.27. The predicted octanol–water partition coefficient (Wildman–Crippen LogP) is 0.575. The number of rotatable bonds is 5. The van der Waals surface area contributed by atoms with Gasteiger partial charge in [-0.2, -0.15) is 0 Å². The number of methoxy groups -OCH3 is 1. The standard InChI is InChI=1S/C11H22N2O2/c1-12(2)11(14)10-6-4-7-13(10)8-5-9-15-3/h10H,4-9H2,1-3H3. The molecule has 1 heterocycles. The maximum Gasteiger partial charge on any atom is 0.239 e. The van der Waals surface area contributed by atoms with Gasteiger partial charge in [-0.3, -0.25) is 9.69 Å². The molecule has 15 heavy (non-hydrogen) atoms. The molecule has 1 atom stereocenters. The van der Waals surface area contributed by atoms with E-state index in [0.29, 0.717) is 0 Å². The van der Waals surface area contributed by atoms with Crippen LogP contribution in [0.3, 0.4) is 0 Å². The van der Waals surface area contributed by atoms with Crippen LogP contribution in [-0.4, -0.2) is 62.7 Å². The van der Waals surface area contributed by atoms with Gasteiger partial charge in [0.05, 0.1) is 6.04 Å². The van der Waals surface area contributed by atoms with Gasteiger partial charge in [0.25, 0.3) is 0 Å². The average molecular weight is 214 g/mol. The van der Waals surface area contributed by atoms with E-state index >= 15 is 0 Å². The smallest absolute Gasteiger partial charge is 0.239 e. The van der Waals surface area contributed by atoms with E-state index in [9.17, 15) is 4.79 Å². The lowest BCUT2D eigenvalue weighted by molar-refractivity contribution is -0.133. The summed E-state index contributed by atoms with van der Waals surface area (Å²) in [4.78, 5) is 15.8. The number of likely N-dealkylation sites (tertiary alicyclic amines) is 1. The summed E-state index contributed by atoms with van der Waals surface area (Å²) in [5.74, 6) is 0.241. The number of carbonyl (C=O) groups excluding carboxylic acids is 1. The lowest BCUT2D eigenvalue weighted by Crippen LogP contribution is -2.43. The Morgan fingerprint density at radius 2 is 2.27 bits per heavy atom. The highest BCUT2D eigenvalue weighted by Crippen LogP contribution is 2.18. The van der Waals surface area contributed by atoms with Gasteiger partial charge in [0.2, 0.25) is 5.91 Å². The van der Waals surface area contributed by atoms with E-state index < -0.39 is 0 Å². The lowest BCUT2D eigenvalue weighted by atomic mass is 10.2. The van der Waals surface area contributed by atoms with Crippen molar-refractivity contribution in [3.8, 4) is 0 Å². The number of amides is 1. The van der Waals surface area contributed by atoms with Gasteiger partial charge >= 0.3 is 0 Å². The zero-order valence-electron chi connectivity index (χ0n) is 10.0. The van der Waals surface area contributed by atoms with Gasteiger partial charge in [-0.25, -0.2) is 0 Å². The van der Waals surface area contributed by atoms with Crippen molar-refractivity contribution in [1.29, 1.82) is 0 Å². The summed E-state index contributed by atoms with van der Waals surface area (Å²) in [6.07, 6.45) is 3.15. The number of likely N-dealkylation sites (N-methyl/N-ethyl adjacent to an activating group) is 1. The molecule has 0 spiro atoms. The summed E-state index contributed by atoms with van der Waals surface area (Å²) in [7, 11) is 5.37. The third-order valence-corrected chi connectivity index (χ3v) is 2.88. The largest absolute Gasteiger partial charge is 0.385 e. The molecule has 1 fully saturated rings. The molecule has 1 aliphatic rings. The van der Waals surface area contributed by atoms with E-state index in [1.165, 1.54) is 0 Å². The van der Waals surface area contributed by atoms with E-state index in [4.69, 9.17) is 4.74 Å². The first-order chi connectivity index (χ1) is 7.16. The minimum absolute atomic E-state index is 0.108. The maximum atomic E-state index is 11.8. The van der Waals surface area contributed by atoms with Gasteiger partial charge in [0.1, 0.15) is 0 Å². The molecular weight excluding hydrogens is 192 g/mol. The number of carbonyl (C=O) groups is 1. The third kappa shape index (κ3) is 3.47. The first-order valence-electron chi connectivity index (χ1n) is 5.61. The second-order valence-electron chi connectivity index (χ2n) is 4.27. The summed E-state index contributed by atoms with van der Waals surface area (Å²) in [6.45, 7) is 2.80. The minimum atomic E-state index is 0.108. The molecule has 0 saturated carbocycles. The van der Waals surface area contributed by atoms with Gasteiger partial charge in [-0.1, -0.05) is 0 Å². The molecule has 0 aromatic carbocycles. The quantitative estimate of drug-likeness (QED) is 0.627. The van der Waals surface area contributed by atoms with Crippen LogP contribution in [0.1, 0.15) is 19.3 Å². The van der Waals surface area contributed by atoms with Crippen LogP contribution in [0.4, 0.5) is 0 Å². The number of hydrogen-bond acceptors (Lipinski definition) is 3. The van der Waals surface area contributed by atoms with Crippen LogP contribution in [0, 0.1) is 0 Å². The van der Waals surface area contributed by atoms with Crippen molar-refractivity contribution in [3.63, 3.8) is 0 Å². The molecule has 0 aliphatic carbocycles. The van der Waals surface area contributed by atoms with Crippen LogP contribution in [0.25, 0.3) is 0 Å². The summed E-state index contributed by atoms with van der Waals surface area (Å²) in [6, 6.07) is 0.108. The number of nitrogens with zero attached hydrogens (tertiary/aromatic N) is 2. The van der Waals surface area contributed by atoms with Crippen molar-refractivity contribution in [2.75, 3.05) is 40.9 Å². The fourth-order valence-corrected chi connectivity index (χ4v) is 2.08. The van der Waals surface area contributed by atoms with E-state index in [1.807, 2.05) is 14.1 Å². The summed E-state index contributed by atoms with van der Waals surface area (Å²) >= 11 is 0. The van der Waals surface area contributed by atoms with Gasteiger partial charge in [0.15, 0.2) is 0 Å². The Kier molecular flexibility index (Phi) is 5.05. The molecule has 0 radical (unpaired) electrons. The molecule has 1 rings (SSSR count). The first kappa shape index (κ1) is 12.5. The number of hydrogen-bond donors (Lipinski definition) is 0.